The number of carboxylic acids is 1. The molecule has 138 valence electrons. The molecule has 0 aromatic carbocycles. The van der Waals surface area contributed by atoms with E-state index in [1.54, 1.807) is 6.92 Å². The number of carboxylic acid groups (broad SMARTS) is 1. The molecule has 10 nitrogen and oxygen atoms in total. The van der Waals surface area contributed by atoms with Gasteiger partial charge in [-0.1, -0.05) is 6.42 Å². The molecule has 2 atom stereocenters. The van der Waals surface area contributed by atoms with Crippen molar-refractivity contribution in [3.8, 4) is 0 Å². The molecule has 0 amide bonds. The van der Waals surface area contributed by atoms with Crippen LogP contribution in [0.1, 0.15) is 19.8 Å². The summed E-state index contributed by atoms with van der Waals surface area (Å²) in [5.41, 5.74) is 3.72. The third-order valence-electron chi connectivity index (χ3n) is 4.75. The van der Waals surface area contributed by atoms with Crippen LogP contribution in [0.5, 0.6) is 0 Å². The summed E-state index contributed by atoms with van der Waals surface area (Å²) in [6.07, 6.45) is 0.726. The normalized spacial score (nSPS) is 30.1. The largest absolute Gasteiger partial charge is 0.480 e. The maximum atomic E-state index is 12.5. The van der Waals surface area contributed by atoms with Crippen LogP contribution in [0.2, 0.25) is 6.32 Å². The van der Waals surface area contributed by atoms with E-state index in [1.807, 2.05) is 0 Å². The molecule has 2 aliphatic heterocycles. The van der Waals surface area contributed by atoms with Crippen LogP contribution in [-0.2, 0) is 15.0 Å². The molecule has 24 heavy (non-hydrogen) atoms. The molecular weight excluding hydrogens is 339 g/mol. The Labute approximate surface area is 141 Å². The summed E-state index contributed by atoms with van der Waals surface area (Å²) >= 11 is 0. The average Bonchev–Trinajstić information content (AvgIpc) is 2.76. The molecule has 2 aliphatic rings. The van der Waals surface area contributed by atoms with Gasteiger partial charge in [-0.25, -0.2) is 0 Å². The Morgan fingerprint density at radius 1 is 1.46 bits per heavy atom. The summed E-state index contributed by atoms with van der Waals surface area (Å²) in [5, 5.41) is 30.2. The molecule has 0 aromatic rings. The molecule has 0 spiro atoms. The molecule has 2 rings (SSSR count). The van der Waals surface area contributed by atoms with Gasteiger partial charge >= 0.3 is 13.1 Å². The first-order valence-electron chi connectivity index (χ1n) is 7.87. The van der Waals surface area contributed by atoms with Crippen molar-refractivity contribution in [2.24, 2.45) is 11.7 Å². The lowest BCUT2D eigenvalue weighted by atomic mass is 9.78. The second-order valence-electron chi connectivity index (χ2n) is 7.02. The van der Waals surface area contributed by atoms with E-state index in [2.05, 4.69) is 10.0 Å². The number of nitrogens with zero attached hydrogens (tertiary/aromatic N) is 1. The van der Waals surface area contributed by atoms with Crippen molar-refractivity contribution in [1.29, 1.82) is 0 Å². The van der Waals surface area contributed by atoms with Gasteiger partial charge in [-0.15, -0.1) is 0 Å². The third kappa shape index (κ3) is 4.07. The fourth-order valence-corrected chi connectivity index (χ4v) is 4.82. The summed E-state index contributed by atoms with van der Waals surface area (Å²) in [7, 11) is -5.33. The lowest BCUT2D eigenvalue weighted by Crippen LogP contribution is -2.68. The zero-order chi connectivity index (χ0) is 18.2. The van der Waals surface area contributed by atoms with E-state index in [0.29, 0.717) is 25.9 Å². The maximum Gasteiger partial charge on any atom is 0.451 e. The Morgan fingerprint density at radius 3 is 2.54 bits per heavy atom. The Bertz CT molecular complexity index is 584. The quantitative estimate of drug-likeness (QED) is 0.250. The van der Waals surface area contributed by atoms with Crippen molar-refractivity contribution in [3.63, 3.8) is 0 Å². The molecule has 0 bridgehead atoms. The number of nitrogens with two attached hydrogens (primary N) is 1. The maximum absolute atomic E-state index is 12.5. The molecule has 0 radical (unpaired) electrons. The van der Waals surface area contributed by atoms with Crippen molar-refractivity contribution >= 4 is 23.3 Å². The van der Waals surface area contributed by atoms with E-state index in [-0.39, 0.29) is 19.4 Å². The zero-order valence-corrected chi connectivity index (χ0v) is 14.4. The molecule has 0 aliphatic carbocycles. The van der Waals surface area contributed by atoms with Gasteiger partial charge in [-0.2, -0.15) is 17.4 Å². The van der Waals surface area contributed by atoms with Crippen LogP contribution in [-0.4, -0.2) is 78.2 Å². The van der Waals surface area contributed by atoms with Gasteiger partial charge in [0.2, 0.25) is 0 Å². The zero-order valence-electron chi connectivity index (χ0n) is 13.6. The monoisotopic (exact) mass is 364 g/mol. The Morgan fingerprint density at radius 2 is 2.08 bits per heavy atom. The summed E-state index contributed by atoms with van der Waals surface area (Å²) in [4.78, 5) is 11.6. The smallest absolute Gasteiger partial charge is 0.451 e. The minimum Gasteiger partial charge on any atom is -0.480 e. The molecule has 7 N–H and O–H groups in total. The van der Waals surface area contributed by atoms with Crippen LogP contribution >= 0.6 is 0 Å². The molecular formula is C12H25BN4O6S. The van der Waals surface area contributed by atoms with E-state index in [1.165, 1.54) is 0 Å². The minimum atomic E-state index is -3.86. The minimum absolute atomic E-state index is 0.0107. The van der Waals surface area contributed by atoms with Crippen molar-refractivity contribution in [3.05, 3.63) is 0 Å². The SMILES string of the molecule is CC1(NS(=O)(=O)N2C[C@@H](CCCB(O)O)[C@@](N)(C(=O)O)C2)CNC1. The second kappa shape index (κ2) is 6.86. The average molecular weight is 364 g/mol. The molecule has 2 fully saturated rings. The van der Waals surface area contributed by atoms with E-state index >= 15 is 0 Å². The first-order chi connectivity index (χ1) is 11.0. The second-order valence-corrected chi connectivity index (χ2v) is 8.69. The number of rotatable bonds is 8. The lowest BCUT2D eigenvalue weighted by molar-refractivity contribution is -0.144. The van der Waals surface area contributed by atoms with Crippen molar-refractivity contribution in [1.82, 2.24) is 14.3 Å². The van der Waals surface area contributed by atoms with Crippen LogP contribution in [0.15, 0.2) is 0 Å². The van der Waals surface area contributed by atoms with Crippen molar-refractivity contribution < 1.29 is 28.4 Å². The van der Waals surface area contributed by atoms with Crippen LogP contribution in [0, 0.1) is 5.92 Å². The fourth-order valence-electron chi connectivity index (χ4n) is 3.16. The number of nitrogens with one attached hydrogen (secondary N) is 2. The van der Waals surface area contributed by atoms with E-state index in [0.717, 1.165) is 4.31 Å². The molecule has 2 saturated heterocycles. The summed E-state index contributed by atoms with van der Waals surface area (Å²) in [6, 6.07) is 0. The molecule has 0 saturated carbocycles. The topological polar surface area (TPSA) is 165 Å². The van der Waals surface area contributed by atoms with Crippen LogP contribution < -0.4 is 15.8 Å². The Kier molecular flexibility index (Phi) is 5.60. The number of carbonyl (C=O) groups is 1. The molecule has 0 unspecified atom stereocenters. The van der Waals surface area contributed by atoms with Gasteiger partial charge in [-0.05, 0) is 19.7 Å². The highest BCUT2D eigenvalue weighted by Gasteiger charge is 2.53. The highest BCUT2D eigenvalue weighted by Crippen LogP contribution is 2.32. The predicted molar refractivity (Wildman–Crippen MR) is 87.2 cm³/mol. The lowest BCUT2D eigenvalue weighted by Gasteiger charge is -2.40. The van der Waals surface area contributed by atoms with Crippen LogP contribution in [0.4, 0.5) is 0 Å². The molecule has 12 heteroatoms. The highest BCUT2D eigenvalue weighted by atomic mass is 32.2. The van der Waals surface area contributed by atoms with Gasteiger partial charge in [-0.3, -0.25) is 4.79 Å². The van der Waals surface area contributed by atoms with Gasteiger partial charge in [0.05, 0.1) is 5.54 Å². The van der Waals surface area contributed by atoms with Gasteiger partial charge in [0, 0.05) is 32.1 Å². The van der Waals surface area contributed by atoms with E-state index in [4.69, 9.17) is 15.8 Å². The van der Waals surface area contributed by atoms with E-state index in [9.17, 15) is 18.3 Å². The standard InChI is InChI=1S/C12H25BN4O6S/c1-11(6-15-7-11)16-24(22,23)17-5-9(3-2-4-13(20)21)12(14,8-17)10(18)19/h9,15-16,20-21H,2-8,14H2,1H3,(H,18,19)/t9-,12-/m1/s1. The molecule has 0 aromatic heterocycles. The summed E-state index contributed by atoms with van der Waals surface area (Å²) in [5.74, 6) is -1.86. The molecule has 2 heterocycles. The Hall–Kier alpha value is -0.755. The van der Waals surface area contributed by atoms with Crippen molar-refractivity contribution in [2.75, 3.05) is 26.2 Å². The van der Waals surface area contributed by atoms with Gasteiger partial charge < -0.3 is 26.2 Å². The number of aliphatic carboxylic acids is 1. The van der Waals surface area contributed by atoms with Gasteiger partial charge in [0.15, 0.2) is 0 Å². The fraction of sp³-hybridized carbons (Fsp3) is 0.917. The third-order valence-corrected chi connectivity index (χ3v) is 6.46. The number of hydrogen-bond donors (Lipinski definition) is 6. The van der Waals surface area contributed by atoms with Crippen molar-refractivity contribution in [2.45, 2.75) is 37.2 Å². The van der Waals surface area contributed by atoms with Crippen LogP contribution in [0.3, 0.4) is 0 Å². The predicted octanol–water partition coefficient (Wildman–Crippen LogP) is -2.85. The van der Waals surface area contributed by atoms with Gasteiger partial charge in [0.25, 0.3) is 10.2 Å². The Balaban J connectivity index is 2.08. The van der Waals surface area contributed by atoms with Crippen LogP contribution in [0.25, 0.3) is 0 Å². The van der Waals surface area contributed by atoms with E-state index < -0.39 is 40.3 Å². The first-order valence-corrected chi connectivity index (χ1v) is 9.31. The van der Waals surface area contributed by atoms with Gasteiger partial charge in [0.1, 0.15) is 5.54 Å². The summed E-state index contributed by atoms with van der Waals surface area (Å²) in [6.45, 7) is 2.45. The highest BCUT2D eigenvalue weighted by molar-refractivity contribution is 7.87. The first kappa shape index (κ1) is 19.6. The summed E-state index contributed by atoms with van der Waals surface area (Å²) < 4.78 is 28.7. The number of hydrogen-bond acceptors (Lipinski definition) is 7.